The molecule has 6 heteroatoms. The van der Waals surface area contributed by atoms with Crippen LogP contribution in [0, 0.1) is 0 Å². The second kappa shape index (κ2) is 6.45. The smallest absolute Gasteiger partial charge is 0.234 e. The number of rotatable bonds is 4. The van der Waals surface area contributed by atoms with Gasteiger partial charge in [-0.1, -0.05) is 48.0 Å². The molecule has 0 unspecified atom stereocenters. The summed E-state index contributed by atoms with van der Waals surface area (Å²) in [7, 11) is -3.67. The number of fused-ring (bicyclic) bond motifs is 1. The number of hydrogen-bond donors (Lipinski definition) is 2. The van der Waals surface area contributed by atoms with Gasteiger partial charge in [0.2, 0.25) is 10.0 Å². The molecule has 0 bridgehead atoms. The van der Waals surface area contributed by atoms with Gasteiger partial charge in [0.05, 0.1) is 12.1 Å². The molecule has 4 nitrogen and oxygen atoms in total. The van der Waals surface area contributed by atoms with Gasteiger partial charge in [0.25, 0.3) is 0 Å². The largest absolute Gasteiger partial charge is 0.391 e. The average Bonchev–Trinajstić information content (AvgIpc) is 2.83. The van der Waals surface area contributed by atoms with Gasteiger partial charge in [0, 0.05) is 16.9 Å². The second-order valence-electron chi connectivity index (χ2n) is 5.47. The van der Waals surface area contributed by atoms with Gasteiger partial charge >= 0.3 is 0 Å². The SMILES string of the molecule is O=S(=O)(/C=C/c1ccc(Cl)cc1)N[C@H]1c2ccccc2C[C@H]1O. The van der Waals surface area contributed by atoms with Crippen molar-refractivity contribution in [2.24, 2.45) is 0 Å². The minimum absolute atomic E-state index is 0.449. The molecular weight excluding hydrogens is 334 g/mol. The van der Waals surface area contributed by atoms with Crippen molar-refractivity contribution in [3.8, 4) is 0 Å². The quantitative estimate of drug-likeness (QED) is 0.892. The topological polar surface area (TPSA) is 66.4 Å². The minimum Gasteiger partial charge on any atom is -0.391 e. The van der Waals surface area contributed by atoms with Crippen molar-refractivity contribution in [1.82, 2.24) is 4.72 Å². The Balaban J connectivity index is 1.77. The third kappa shape index (κ3) is 3.82. The maximum absolute atomic E-state index is 12.2. The summed E-state index contributed by atoms with van der Waals surface area (Å²) in [5.41, 5.74) is 2.52. The first-order valence-electron chi connectivity index (χ1n) is 7.16. The average molecular weight is 350 g/mol. The number of halogens is 1. The lowest BCUT2D eigenvalue weighted by Gasteiger charge is -2.16. The van der Waals surface area contributed by atoms with Crippen LogP contribution in [0.25, 0.3) is 6.08 Å². The summed E-state index contributed by atoms with van der Waals surface area (Å²) in [6.07, 6.45) is 1.18. The van der Waals surface area contributed by atoms with E-state index in [1.54, 1.807) is 24.3 Å². The molecule has 3 rings (SSSR count). The first-order valence-corrected chi connectivity index (χ1v) is 9.09. The Labute approximate surface area is 140 Å². The molecule has 0 aliphatic heterocycles. The van der Waals surface area contributed by atoms with Crippen LogP contribution in [0.3, 0.4) is 0 Å². The predicted molar refractivity (Wildman–Crippen MR) is 91.4 cm³/mol. The van der Waals surface area contributed by atoms with Crippen LogP contribution in [0.1, 0.15) is 22.7 Å². The number of aliphatic hydroxyl groups is 1. The first-order chi connectivity index (χ1) is 10.9. The van der Waals surface area contributed by atoms with Crippen LogP contribution in [0.5, 0.6) is 0 Å². The Morgan fingerprint density at radius 2 is 1.83 bits per heavy atom. The molecule has 2 aromatic rings. The number of sulfonamides is 1. The lowest BCUT2D eigenvalue weighted by atomic mass is 10.1. The van der Waals surface area contributed by atoms with Crippen molar-refractivity contribution in [3.05, 3.63) is 75.7 Å². The molecule has 2 N–H and O–H groups in total. The summed E-state index contributed by atoms with van der Waals surface area (Å²) < 4.78 is 27.0. The normalized spacial score (nSPS) is 20.8. The Morgan fingerprint density at radius 3 is 2.57 bits per heavy atom. The van der Waals surface area contributed by atoms with Crippen LogP contribution in [-0.2, 0) is 16.4 Å². The molecule has 120 valence electrons. The van der Waals surface area contributed by atoms with E-state index in [9.17, 15) is 13.5 Å². The summed E-state index contributed by atoms with van der Waals surface area (Å²) in [5.74, 6) is 0. The van der Waals surface area contributed by atoms with Crippen LogP contribution < -0.4 is 4.72 Å². The lowest BCUT2D eigenvalue weighted by molar-refractivity contribution is 0.152. The predicted octanol–water partition coefficient (Wildman–Crippen LogP) is 2.89. The number of benzene rings is 2. The molecule has 0 fully saturated rings. The molecule has 0 heterocycles. The van der Waals surface area contributed by atoms with Crippen molar-refractivity contribution >= 4 is 27.7 Å². The maximum atomic E-state index is 12.2. The fraction of sp³-hybridized carbons (Fsp3) is 0.176. The highest BCUT2D eigenvalue weighted by atomic mass is 35.5. The zero-order valence-corrected chi connectivity index (χ0v) is 13.8. The molecule has 2 atom stereocenters. The maximum Gasteiger partial charge on any atom is 0.234 e. The van der Waals surface area contributed by atoms with Gasteiger partial charge in [-0.05, 0) is 34.9 Å². The third-order valence-electron chi connectivity index (χ3n) is 3.80. The summed E-state index contributed by atoms with van der Waals surface area (Å²) in [6, 6.07) is 13.7. The van der Waals surface area contributed by atoms with E-state index in [4.69, 9.17) is 11.6 Å². The Hall–Kier alpha value is -1.66. The fourth-order valence-electron chi connectivity index (χ4n) is 2.67. The fourth-order valence-corrected chi connectivity index (χ4v) is 3.85. The van der Waals surface area contributed by atoms with E-state index in [1.165, 1.54) is 6.08 Å². The van der Waals surface area contributed by atoms with E-state index in [1.807, 2.05) is 24.3 Å². The van der Waals surface area contributed by atoms with Gasteiger partial charge in [-0.15, -0.1) is 0 Å². The first kappa shape index (κ1) is 16.2. The van der Waals surface area contributed by atoms with Gasteiger partial charge in [-0.25, -0.2) is 13.1 Å². The van der Waals surface area contributed by atoms with Crippen molar-refractivity contribution in [2.75, 3.05) is 0 Å². The van der Waals surface area contributed by atoms with Crippen LogP contribution in [0.4, 0.5) is 0 Å². The lowest BCUT2D eigenvalue weighted by Crippen LogP contribution is -2.32. The molecule has 1 aliphatic carbocycles. The molecule has 1 aliphatic rings. The molecule has 0 saturated heterocycles. The van der Waals surface area contributed by atoms with Gasteiger partial charge in [-0.3, -0.25) is 0 Å². The van der Waals surface area contributed by atoms with E-state index in [0.717, 1.165) is 22.1 Å². The number of hydrogen-bond acceptors (Lipinski definition) is 3. The summed E-state index contributed by atoms with van der Waals surface area (Å²) >= 11 is 5.80. The van der Waals surface area contributed by atoms with Gasteiger partial charge in [0.1, 0.15) is 0 Å². The van der Waals surface area contributed by atoms with Crippen molar-refractivity contribution in [1.29, 1.82) is 0 Å². The summed E-state index contributed by atoms with van der Waals surface area (Å²) in [5, 5.41) is 11.8. The van der Waals surface area contributed by atoms with E-state index >= 15 is 0 Å². The van der Waals surface area contributed by atoms with Crippen molar-refractivity contribution < 1.29 is 13.5 Å². The monoisotopic (exact) mass is 349 g/mol. The minimum atomic E-state index is -3.67. The van der Waals surface area contributed by atoms with Crippen LogP contribution in [-0.4, -0.2) is 19.6 Å². The van der Waals surface area contributed by atoms with E-state index < -0.39 is 22.2 Å². The standard InChI is InChI=1S/C17H16ClNO3S/c18-14-7-5-12(6-8-14)9-10-23(21,22)19-17-15-4-2-1-3-13(15)11-16(17)20/h1-10,16-17,19-20H,11H2/b10-9+/t16-,17+/m1/s1. The molecule has 0 amide bonds. The zero-order valence-electron chi connectivity index (χ0n) is 12.2. The number of nitrogens with one attached hydrogen (secondary N) is 1. The second-order valence-corrected chi connectivity index (χ2v) is 7.50. The molecule has 0 spiro atoms. The van der Waals surface area contributed by atoms with Crippen molar-refractivity contribution in [2.45, 2.75) is 18.6 Å². The highest BCUT2D eigenvalue weighted by Crippen LogP contribution is 2.31. The third-order valence-corrected chi connectivity index (χ3v) is 5.13. The number of aliphatic hydroxyl groups excluding tert-OH is 1. The van der Waals surface area contributed by atoms with Crippen LogP contribution in [0.15, 0.2) is 53.9 Å². The van der Waals surface area contributed by atoms with Crippen molar-refractivity contribution in [3.63, 3.8) is 0 Å². The molecule has 0 radical (unpaired) electrons. The molecule has 2 aromatic carbocycles. The van der Waals surface area contributed by atoms with E-state index in [2.05, 4.69) is 4.72 Å². The summed E-state index contributed by atoms with van der Waals surface area (Å²) in [6.45, 7) is 0. The molecule has 0 aromatic heterocycles. The van der Waals surface area contributed by atoms with Gasteiger partial charge < -0.3 is 5.11 Å². The van der Waals surface area contributed by atoms with Crippen LogP contribution >= 0.6 is 11.6 Å². The molecule has 23 heavy (non-hydrogen) atoms. The van der Waals surface area contributed by atoms with Gasteiger partial charge in [0.15, 0.2) is 0 Å². The Kier molecular flexibility index (Phi) is 4.55. The highest BCUT2D eigenvalue weighted by Gasteiger charge is 2.33. The molecular formula is C17H16ClNO3S. The Morgan fingerprint density at radius 1 is 1.13 bits per heavy atom. The molecule has 0 saturated carbocycles. The van der Waals surface area contributed by atoms with Gasteiger partial charge in [-0.2, -0.15) is 0 Å². The Bertz CT molecular complexity index is 831. The van der Waals surface area contributed by atoms with E-state index in [0.29, 0.717) is 11.4 Å². The zero-order chi connectivity index (χ0) is 16.4. The highest BCUT2D eigenvalue weighted by molar-refractivity contribution is 7.92. The van der Waals surface area contributed by atoms with Crippen LogP contribution in [0.2, 0.25) is 5.02 Å². The summed E-state index contributed by atoms with van der Waals surface area (Å²) in [4.78, 5) is 0. The van der Waals surface area contributed by atoms with E-state index in [-0.39, 0.29) is 0 Å².